The molecule has 2 nitrogen and oxygen atoms in total. The molecule has 0 bridgehead atoms. The largest absolute Gasteiger partial charge is 0.310 e. The summed E-state index contributed by atoms with van der Waals surface area (Å²) < 4.78 is 0. The van der Waals surface area contributed by atoms with Crippen LogP contribution in [0.25, 0.3) is 11.1 Å². The molecule has 2 aromatic carbocycles. The van der Waals surface area contributed by atoms with Crippen molar-refractivity contribution >= 4 is 5.78 Å². The van der Waals surface area contributed by atoms with Crippen molar-refractivity contribution in [2.24, 2.45) is 5.92 Å². The zero-order chi connectivity index (χ0) is 20.5. The van der Waals surface area contributed by atoms with Crippen molar-refractivity contribution in [1.29, 1.82) is 0 Å². The number of hydrogen-bond donors (Lipinski definition) is 1. The summed E-state index contributed by atoms with van der Waals surface area (Å²) >= 11 is 0. The second-order valence-electron chi connectivity index (χ2n) is 8.72. The van der Waals surface area contributed by atoms with Gasteiger partial charge in [-0.1, -0.05) is 81.6 Å². The number of nitrogens with one attached hydrogen (secondary N) is 1. The fourth-order valence-corrected chi connectivity index (χ4v) is 4.58. The smallest absolute Gasteiger partial charge is 0.146 e. The monoisotopic (exact) mass is 391 g/mol. The Bertz CT molecular complexity index is 741. The summed E-state index contributed by atoms with van der Waals surface area (Å²) in [6, 6.07) is 18.1. The zero-order valence-electron chi connectivity index (χ0n) is 18.3. The van der Waals surface area contributed by atoms with Crippen LogP contribution >= 0.6 is 0 Å². The van der Waals surface area contributed by atoms with Gasteiger partial charge in [-0.3, -0.25) is 4.79 Å². The van der Waals surface area contributed by atoms with Gasteiger partial charge in [-0.25, -0.2) is 0 Å². The Hall–Kier alpha value is -1.93. The van der Waals surface area contributed by atoms with Crippen molar-refractivity contribution in [3.63, 3.8) is 0 Å². The third kappa shape index (κ3) is 6.54. The van der Waals surface area contributed by atoms with Gasteiger partial charge >= 0.3 is 0 Å². The van der Waals surface area contributed by atoms with Gasteiger partial charge in [0.1, 0.15) is 5.78 Å². The van der Waals surface area contributed by atoms with Crippen LogP contribution in [0.15, 0.2) is 48.5 Å². The van der Waals surface area contributed by atoms with Gasteiger partial charge in [-0.05, 0) is 66.3 Å². The van der Waals surface area contributed by atoms with E-state index in [0.29, 0.717) is 24.7 Å². The molecule has 156 valence electrons. The first-order chi connectivity index (χ1) is 14.2. The van der Waals surface area contributed by atoms with E-state index in [-0.39, 0.29) is 0 Å². The van der Waals surface area contributed by atoms with Crippen LogP contribution in [0.2, 0.25) is 0 Å². The molecule has 0 aromatic heterocycles. The fraction of sp³-hybridized carbons (Fsp3) is 0.519. The van der Waals surface area contributed by atoms with Crippen LogP contribution in [0.4, 0.5) is 0 Å². The molecule has 29 heavy (non-hydrogen) atoms. The molecule has 3 rings (SSSR count). The summed E-state index contributed by atoms with van der Waals surface area (Å²) in [6.07, 6.45) is 9.59. The van der Waals surface area contributed by atoms with Gasteiger partial charge in [-0.15, -0.1) is 0 Å². The molecule has 0 aliphatic heterocycles. The summed E-state index contributed by atoms with van der Waals surface area (Å²) in [5.41, 5.74) is 5.36. The predicted molar refractivity (Wildman–Crippen MR) is 123 cm³/mol. The van der Waals surface area contributed by atoms with E-state index in [1.807, 2.05) is 6.92 Å². The first-order valence-electron chi connectivity index (χ1n) is 11.6. The van der Waals surface area contributed by atoms with Crippen molar-refractivity contribution in [2.45, 2.75) is 71.1 Å². The molecule has 1 fully saturated rings. The molecule has 0 amide bonds. The molecule has 1 aliphatic carbocycles. The van der Waals surface area contributed by atoms with Gasteiger partial charge in [0.05, 0.1) is 6.54 Å². The Kier molecular flexibility index (Phi) is 8.49. The fourth-order valence-electron chi connectivity index (χ4n) is 4.58. The number of carbonyl (C=O) groups excluding carboxylic acids is 1. The molecular formula is C27H37NO. The van der Waals surface area contributed by atoms with Gasteiger partial charge in [0.15, 0.2) is 0 Å². The maximum Gasteiger partial charge on any atom is 0.146 e. The number of ketones is 1. The summed E-state index contributed by atoms with van der Waals surface area (Å²) in [5.74, 6) is 1.84. The minimum atomic E-state index is 0.309. The highest BCUT2D eigenvalue weighted by molar-refractivity contribution is 5.80. The van der Waals surface area contributed by atoms with E-state index in [1.165, 1.54) is 54.4 Å². The maximum atomic E-state index is 11.5. The first kappa shape index (κ1) is 21.8. The minimum absolute atomic E-state index is 0.309. The molecule has 0 radical (unpaired) electrons. The molecule has 1 aliphatic rings. The van der Waals surface area contributed by atoms with E-state index in [2.05, 4.69) is 60.8 Å². The minimum Gasteiger partial charge on any atom is -0.310 e. The average Bonchev–Trinajstić information content (AvgIpc) is 2.78. The Morgan fingerprint density at radius 3 is 2.21 bits per heavy atom. The molecule has 2 aromatic rings. The molecule has 2 heteroatoms. The lowest BCUT2D eigenvalue weighted by Crippen LogP contribution is -2.24. The quantitative estimate of drug-likeness (QED) is 0.466. The Morgan fingerprint density at radius 1 is 0.966 bits per heavy atom. The third-order valence-corrected chi connectivity index (χ3v) is 6.52. The zero-order valence-corrected chi connectivity index (χ0v) is 18.3. The summed E-state index contributed by atoms with van der Waals surface area (Å²) in [7, 11) is 0. The SMILES string of the molecule is CCCC(=O)CNCCc1ccc(-c2ccc(C(C)C3CCCCC3)cc2)cc1. The van der Waals surface area contributed by atoms with Crippen LogP contribution in [0.5, 0.6) is 0 Å². The predicted octanol–water partition coefficient (Wildman–Crippen LogP) is 6.54. The second-order valence-corrected chi connectivity index (χ2v) is 8.72. The molecule has 1 N–H and O–H groups in total. The van der Waals surface area contributed by atoms with Crippen molar-refractivity contribution in [2.75, 3.05) is 13.1 Å². The maximum absolute atomic E-state index is 11.5. The Morgan fingerprint density at radius 2 is 1.59 bits per heavy atom. The number of benzene rings is 2. The standard InChI is InChI=1S/C27H37NO/c1-3-7-27(29)20-28-19-18-22-10-12-25(13-11-22)26-16-14-24(15-17-26)21(2)23-8-5-4-6-9-23/h10-17,21,23,28H,3-9,18-20H2,1-2H3. The molecule has 1 atom stereocenters. The normalized spacial score (nSPS) is 15.9. The number of Topliss-reactive ketones (excluding diaryl/α,β-unsaturated/α-hetero) is 1. The topological polar surface area (TPSA) is 29.1 Å². The van der Waals surface area contributed by atoms with Crippen LogP contribution in [-0.4, -0.2) is 18.9 Å². The van der Waals surface area contributed by atoms with Crippen LogP contribution in [0.1, 0.15) is 75.8 Å². The summed E-state index contributed by atoms with van der Waals surface area (Å²) in [4.78, 5) is 11.5. The van der Waals surface area contributed by atoms with E-state index in [1.54, 1.807) is 0 Å². The third-order valence-electron chi connectivity index (χ3n) is 6.52. The molecule has 1 unspecified atom stereocenters. The van der Waals surface area contributed by atoms with Crippen LogP contribution in [0, 0.1) is 5.92 Å². The lowest BCUT2D eigenvalue weighted by molar-refractivity contribution is -0.118. The van der Waals surface area contributed by atoms with Gasteiger partial charge in [0.2, 0.25) is 0 Å². The molecular weight excluding hydrogens is 354 g/mol. The number of carbonyl (C=O) groups is 1. The highest BCUT2D eigenvalue weighted by Crippen LogP contribution is 2.36. The van der Waals surface area contributed by atoms with E-state index in [9.17, 15) is 4.79 Å². The second kappa shape index (κ2) is 11.3. The van der Waals surface area contributed by atoms with E-state index in [4.69, 9.17) is 0 Å². The highest BCUT2D eigenvalue weighted by atomic mass is 16.1. The Balaban J connectivity index is 1.51. The van der Waals surface area contributed by atoms with Gasteiger partial charge < -0.3 is 5.32 Å². The van der Waals surface area contributed by atoms with E-state index >= 15 is 0 Å². The molecule has 1 saturated carbocycles. The molecule has 0 spiro atoms. The van der Waals surface area contributed by atoms with Crippen LogP contribution in [-0.2, 0) is 11.2 Å². The lowest BCUT2D eigenvalue weighted by atomic mass is 9.77. The Labute approximate surface area is 177 Å². The lowest BCUT2D eigenvalue weighted by Gasteiger charge is -2.28. The van der Waals surface area contributed by atoms with E-state index in [0.717, 1.165) is 25.3 Å². The number of hydrogen-bond acceptors (Lipinski definition) is 2. The van der Waals surface area contributed by atoms with E-state index < -0.39 is 0 Å². The molecule has 0 saturated heterocycles. The van der Waals surface area contributed by atoms with Crippen molar-refractivity contribution in [3.05, 3.63) is 59.7 Å². The summed E-state index contributed by atoms with van der Waals surface area (Å²) in [5, 5.41) is 3.26. The first-order valence-corrected chi connectivity index (χ1v) is 11.6. The van der Waals surface area contributed by atoms with Gasteiger partial charge in [-0.2, -0.15) is 0 Å². The summed E-state index contributed by atoms with van der Waals surface area (Å²) in [6.45, 7) is 5.80. The van der Waals surface area contributed by atoms with Crippen LogP contribution in [0.3, 0.4) is 0 Å². The molecule has 0 heterocycles. The van der Waals surface area contributed by atoms with Crippen LogP contribution < -0.4 is 5.32 Å². The average molecular weight is 392 g/mol. The van der Waals surface area contributed by atoms with Crippen molar-refractivity contribution in [1.82, 2.24) is 5.32 Å². The van der Waals surface area contributed by atoms with Gasteiger partial charge in [0.25, 0.3) is 0 Å². The van der Waals surface area contributed by atoms with Gasteiger partial charge in [0, 0.05) is 6.42 Å². The highest BCUT2D eigenvalue weighted by Gasteiger charge is 2.21. The van der Waals surface area contributed by atoms with Crippen molar-refractivity contribution < 1.29 is 4.79 Å². The van der Waals surface area contributed by atoms with Crippen molar-refractivity contribution in [3.8, 4) is 11.1 Å². The number of rotatable bonds is 10.